The van der Waals surface area contributed by atoms with Gasteiger partial charge in [0.15, 0.2) is 5.96 Å². The van der Waals surface area contributed by atoms with Crippen LogP contribution in [0.2, 0.25) is 0 Å². The van der Waals surface area contributed by atoms with Crippen molar-refractivity contribution in [1.82, 2.24) is 10.6 Å². The lowest BCUT2D eigenvalue weighted by atomic mass is 10.2. The fraction of sp³-hybridized carbons (Fsp3) is 0.350. The van der Waals surface area contributed by atoms with Crippen LogP contribution in [0.5, 0.6) is 11.5 Å². The Balaban J connectivity index is 1.67. The fourth-order valence-electron chi connectivity index (χ4n) is 2.30. The van der Waals surface area contributed by atoms with Crippen LogP contribution in [0, 0.1) is 0 Å². The van der Waals surface area contributed by atoms with E-state index in [1.54, 1.807) is 25.2 Å². The minimum absolute atomic E-state index is 0.426. The third kappa shape index (κ3) is 8.40. The molecule has 0 aromatic heterocycles. The van der Waals surface area contributed by atoms with Crippen molar-refractivity contribution >= 4 is 5.96 Å². The molecule has 0 spiro atoms. The SMILES string of the molecule is CN=C(NCCCOc1ccccc1)NCc1cccc(OCC(F)F)c1. The van der Waals surface area contributed by atoms with Gasteiger partial charge in [0.05, 0.1) is 6.61 Å². The van der Waals surface area contributed by atoms with E-state index in [1.165, 1.54) is 0 Å². The number of alkyl halides is 2. The van der Waals surface area contributed by atoms with Crippen LogP contribution in [-0.4, -0.2) is 39.2 Å². The van der Waals surface area contributed by atoms with Crippen LogP contribution in [0.25, 0.3) is 0 Å². The summed E-state index contributed by atoms with van der Waals surface area (Å²) in [7, 11) is 1.69. The van der Waals surface area contributed by atoms with E-state index < -0.39 is 13.0 Å². The lowest BCUT2D eigenvalue weighted by molar-refractivity contribution is 0.0818. The molecule has 2 aromatic rings. The Bertz CT molecular complexity index is 697. The summed E-state index contributed by atoms with van der Waals surface area (Å²) in [6.45, 7) is 1.22. The first-order chi connectivity index (χ1) is 13.2. The largest absolute Gasteiger partial charge is 0.494 e. The van der Waals surface area contributed by atoms with E-state index in [0.29, 0.717) is 31.4 Å². The number of hydrogen-bond donors (Lipinski definition) is 2. The number of guanidine groups is 1. The van der Waals surface area contributed by atoms with Gasteiger partial charge in [-0.3, -0.25) is 4.99 Å². The molecule has 2 rings (SSSR count). The Hall–Kier alpha value is -2.83. The molecule has 0 fully saturated rings. The molecule has 27 heavy (non-hydrogen) atoms. The maximum Gasteiger partial charge on any atom is 0.272 e. The van der Waals surface area contributed by atoms with Gasteiger partial charge in [0.1, 0.15) is 18.1 Å². The van der Waals surface area contributed by atoms with Gasteiger partial charge in [-0.05, 0) is 36.2 Å². The molecule has 0 radical (unpaired) electrons. The van der Waals surface area contributed by atoms with Gasteiger partial charge in [-0.25, -0.2) is 8.78 Å². The Morgan fingerprint density at radius 1 is 1.00 bits per heavy atom. The van der Waals surface area contributed by atoms with Crippen molar-refractivity contribution < 1.29 is 18.3 Å². The highest BCUT2D eigenvalue weighted by Gasteiger charge is 2.04. The Labute approximate surface area is 158 Å². The summed E-state index contributed by atoms with van der Waals surface area (Å²) >= 11 is 0. The number of hydrogen-bond acceptors (Lipinski definition) is 3. The van der Waals surface area contributed by atoms with Gasteiger partial charge in [0.25, 0.3) is 6.43 Å². The number of aliphatic imine (C=N–C) groups is 1. The maximum atomic E-state index is 12.2. The first-order valence-corrected chi connectivity index (χ1v) is 8.79. The second-order valence-corrected chi connectivity index (χ2v) is 5.72. The van der Waals surface area contributed by atoms with Gasteiger partial charge in [-0.1, -0.05) is 30.3 Å². The molecule has 0 aliphatic rings. The summed E-state index contributed by atoms with van der Waals surface area (Å²) in [5.74, 6) is 1.94. The van der Waals surface area contributed by atoms with E-state index in [2.05, 4.69) is 15.6 Å². The number of nitrogens with zero attached hydrogens (tertiary/aromatic N) is 1. The van der Waals surface area contributed by atoms with Crippen molar-refractivity contribution in [2.45, 2.75) is 19.4 Å². The molecule has 7 heteroatoms. The third-order valence-electron chi connectivity index (χ3n) is 3.58. The molecule has 0 saturated carbocycles. The van der Waals surface area contributed by atoms with Crippen LogP contribution in [0.15, 0.2) is 59.6 Å². The van der Waals surface area contributed by atoms with Crippen LogP contribution < -0.4 is 20.1 Å². The zero-order chi connectivity index (χ0) is 19.3. The molecular formula is C20H25F2N3O2. The lowest BCUT2D eigenvalue weighted by Crippen LogP contribution is -2.37. The molecule has 0 aliphatic carbocycles. The fourth-order valence-corrected chi connectivity index (χ4v) is 2.30. The average molecular weight is 377 g/mol. The monoisotopic (exact) mass is 377 g/mol. The average Bonchev–Trinajstić information content (AvgIpc) is 2.69. The summed E-state index contributed by atoms with van der Waals surface area (Å²) in [6.07, 6.45) is -1.66. The third-order valence-corrected chi connectivity index (χ3v) is 3.58. The van der Waals surface area contributed by atoms with E-state index in [0.717, 1.165) is 17.7 Å². The quantitative estimate of drug-likeness (QED) is 0.378. The molecule has 5 nitrogen and oxygen atoms in total. The van der Waals surface area contributed by atoms with Crippen molar-refractivity contribution in [3.63, 3.8) is 0 Å². The highest BCUT2D eigenvalue weighted by Crippen LogP contribution is 2.14. The minimum Gasteiger partial charge on any atom is -0.494 e. The topological polar surface area (TPSA) is 54.9 Å². The highest BCUT2D eigenvalue weighted by atomic mass is 19.3. The number of rotatable bonds is 10. The van der Waals surface area contributed by atoms with Crippen LogP contribution in [0.1, 0.15) is 12.0 Å². The predicted molar refractivity (Wildman–Crippen MR) is 103 cm³/mol. The molecule has 0 atom stereocenters. The van der Waals surface area contributed by atoms with Gasteiger partial charge in [-0.15, -0.1) is 0 Å². The van der Waals surface area contributed by atoms with E-state index in [9.17, 15) is 8.78 Å². The van der Waals surface area contributed by atoms with Gasteiger partial charge in [-0.2, -0.15) is 0 Å². The van der Waals surface area contributed by atoms with Crippen LogP contribution in [-0.2, 0) is 6.54 Å². The van der Waals surface area contributed by atoms with Crippen LogP contribution in [0.3, 0.4) is 0 Å². The predicted octanol–water partition coefficient (Wildman–Crippen LogP) is 3.46. The molecule has 0 amide bonds. The van der Waals surface area contributed by atoms with Crippen LogP contribution in [0.4, 0.5) is 8.78 Å². The summed E-state index contributed by atoms with van der Waals surface area (Å²) in [5.41, 5.74) is 0.914. The highest BCUT2D eigenvalue weighted by molar-refractivity contribution is 5.79. The van der Waals surface area contributed by atoms with Crippen molar-refractivity contribution in [3.8, 4) is 11.5 Å². The second-order valence-electron chi connectivity index (χ2n) is 5.72. The van der Waals surface area contributed by atoms with Crippen molar-refractivity contribution in [1.29, 1.82) is 0 Å². The number of benzene rings is 2. The van der Waals surface area contributed by atoms with Gasteiger partial charge in [0.2, 0.25) is 0 Å². The first kappa shape index (κ1) is 20.5. The molecule has 2 aromatic carbocycles. The molecule has 0 aliphatic heterocycles. The number of halogens is 2. The molecule has 0 heterocycles. The molecule has 146 valence electrons. The molecule has 0 unspecified atom stereocenters. The molecule has 2 N–H and O–H groups in total. The lowest BCUT2D eigenvalue weighted by Gasteiger charge is -2.13. The van der Waals surface area contributed by atoms with E-state index in [-0.39, 0.29) is 0 Å². The Morgan fingerprint density at radius 3 is 2.52 bits per heavy atom. The smallest absolute Gasteiger partial charge is 0.272 e. The minimum atomic E-state index is -2.49. The normalized spacial score (nSPS) is 11.3. The summed E-state index contributed by atoms with van der Waals surface area (Å²) in [6, 6.07) is 16.7. The standard InChI is InChI=1S/C20H25F2N3O2/c1-23-20(24-11-6-12-26-17-8-3-2-4-9-17)25-14-16-7-5-10-18(13-16)27-15-19(21)22/h2-5,7-10,13,19H,6,11-12,14-15H2,1H3,(H2,23,24,25). The van der Waals surface area contributed by atoms with Crippen molar-refractivity contribution in [2.75, 3.05) is 26.8 Å². The summed E-state index contributed by atoms with van der Waals surface area (Å²) < 4.78 is 35.1. The van der Waals surface area contributed by atoms with Crippen molar-refractivity contribution in [3.05, 3.63) is 60.2 Å². The van der Waals surface area contributed by atoms with Crippen molar-refractivity contribution in [2.24, 2.45) is 4.99 Å². The van der Waals surface area contributed by atoms with Gasteiger partial charge < -0.3 is 20.1 Å². The maximum absolute atomic E-state index is 12.2. The van der Waals surface area contributed by atoms with Gasteiger partial charge >= 0.3 is 0 Å². The molecule has 0 saturated heterocycles. The summed E-state index contributed by atoms with van der Waals surface area (Å²) in [5, 5.41) is 6.39. The van der Waals surface area contributed by atoms with E-state index in [1.807, 2.05) is 36.4 Å². The zero-order valence-electron chi connectivity index (χ0n) is 15.3. The number of nitrogens with one attached hydrogen (secondary N) is 2. The Morgan fingerprint density at radius 2 is 1.78 bits per heavy atom. The zero-order valence-corrected chi connectivity index (χ0v) is 15.3. The molecular weight excluding hydrogens is 352 g/mol. The van der Waals surface area contributed by atoms with E-state index in [4.69, 9.17) is 9.47 Å². The van der Waals surface area contributed by atoms with E-state index >= 15 is 0 Å². The van der Waals surface area contributed by atoms with Gasteiger partial charge in [0, 0.05) is 20.1 Å². The van der Waals surface area contributed by atoms with Crippen LogP contribution >= 0.6 is 0 Å². The first-order valence-electron chi connectivity index (χ1n) is 8.79. The number of para-hydroxylation sites is 1. The Kier molecular flexibility index (Phi) is 8.89. The molecule has 0 bridgehead atoms. The number of ether oxygens (including phenoxy) is 2. The summed E-state index contributed by atoms with van der Waals surface area (Å²) in [4.78, 5) is 4.16. The second kappa shape index (κ2) is 11.7.